The molecule has 0 unspecified atom stereocenters. The minimum Gasteiger partial charge on any atom is -0.271 e. The topological polar surface area (TPSA) is 72.2 Å². The molecule has 1 atom stereocenters. The quantitative estimate of drug-likeness (QED) is 0.585. The minimum atomic E-state index is -3.23. The van der Waals surface area contributed by atoms with Crippen molar-refractivity contribution in [3.05, 3.63) is 29.8 Å². The van der Waals surface area contributed by atoms with Gasteiger partial charge in [-0.15, -0.1) is 0 Å². The van der Waals surface area contributed by atoms with Crippen LogP contribution in [-0.4, -0.2) is 20.2 Å². The number of hydrogen-bond acceptors (Lipinski definition) is 4. The molecule has 1 aromatic rings. The maximum absolute atomic E-state index is 11.8. The molecule has 0 aliphatic carbocycles. The van der Waals surface area contributed by atoms with Gasteiger partial charge in [-0.25, -0.2) is 8.42 Å². The zero-order valence-corrected chi connectivity index (χ0v) is 9.71. The van der Waals surface area contributed by atoms with Gasteiger partial charge in [-0.3, -0.25) is 11.3 Å². The number of benzene rings is 1. The Morgan fingerprint density at radius 2 is 1.87 bits per heavy atom. The molecule has 0 heterocycles. The standard InChI is InChI=1S/C10H16N2O2S/c1-8-3-5-10(6-4-8)15(13,14)7-9(2)12-11/h3-6,9,12H,7,11H2,1-2H3/t9-/m0/s1. The van der Waals surface area contributed by atoms with Gasteiger partial charge in [0.05, 0.1) is 10.6 Å². The van der Waals surface area contributed by atoms with Crippen molar-refractivity contribution in [2.24, 2.45) is 5.84 Å². The summed E-state index contributed by atoms with van der Waals surface area (Å²) in [5.74, 6) is 5.17. The van der Waals surface area contributed by atoms with Crippen molar-refractivity contribution in [1.82, 2.24) is 5.43 Å². The molecule has 0 radical (unpaired) electrons. The molecule has 1 aromatic carbocycles. The first-order chi connectivity index (χ1) is 6.95. The summed E-state index contributed by atoms with van der Waals surface area (Å²) in [5, 5.41) is 0. The largest absolute Gasteiger partial charge is 0.271 e. The Balaban J connectivity index is 2.91. The third-order valence-corrected chi connectivity index (χ3v) is 4.06. The van der Waals surface area contributed by atoms with E-state index in [1.54, 1.807) is 31.2 Å². The van der Waals surface area contributed by atoms with Crippen LogP contribution in [0, 0.1) is 6.92 Å². The first kappa shape index (κ1) is 12.2. The number of aryl methyl sites for hydroxylation is 1. The number of nitrogens with two attached hydrogens (primary N) is 1. The first-order valence-electron chi connectivity index (χ1n) is 4.71. The highest BCUT2D eigenvalue weighted by Gasteiger charge is 2.17. The van der Waals surface area contributed by atoms with Crippen LogP contribution in [0.2, 0.25) is 0 Å². The van der Waals surface area contributed by atoms with Gasteiger partial charge in [0.25, 0.3) is 0 Å². The van der Waals surface area contributed by atoms with E-state index in [1.165, 1.54) is 0 Å². The summed E-state index contributed by atoms with van der Waals surface area (Å²) in [4.78, 5) is 0.343. The number of rotatable bonds is 4. The Morgan fingerprint density at radius 3 is 2.33 bits per heavy atom. The fourth-order valence-electron chi connectivity index (χ4n) is 1.22. The average molecular weight is 228 g/mol. The zero-order valence-electron chi connectivity index (χ0n) is 8.90. The molecule has 0 spiro atoms. The van der Waals surface area contributed by atoms with Crippen LogP contribution in [0.4, 0.5) is 0 Å². The third kappa shape index (κ3) is 3.30. The van der Waals surface area contributed by atoms with Crippen molar-refractivity contribution in [3.63, 3.8) is 0 Å². The van der Waals surface area contributed by atoms with Crippen LogP contribution < -0.4 is 11.3 Å². The molecule has 0 aromatic heterocycles. The van der Waals surface area contributed by atoms with E-state index in [-0.39, 0.29) is 11.8 Å². The van der Waals surface area contributed by atoms with Gasteiger partial charge in [-0.1, -0.05) is 17.7 Å². The number of sulfone groups is 1. The van der Waals surface area contributed by atoms with Gasteiger partial charge in [-0.05, 0) is 26.0 Å². The maximum atomic E-state index is 11.8. The second kappa shape index (κ2) is 4.74. The van der Waals surface area contributed by atoms with Crippen molar-refractivity contribution in [3.8, 4) is 0 Å². The molecule has 1 rings (SSSR count). The average Bonchev–Trinajstić information content (AvgIpc) is 2.17. The summed E-state index contributed by atoms with van der Waals surface area (Å²) < 4.78 is 23.6. The molecule has 5 heteroatoms. The van der Waals surface area contributed by atoms with E-state index in [2.05, 4.69) is 5.43 Å². The van der Waals surface area contributed by atoms with Gasteiger partial charge in [0.2, 0.25) is 0 Å². The van der Waals surface area contributed by atoms with Crippen molar-refractivity contribution in [1.29, 1.82) is 0 Å². The Hall–Kier alpha value is -0.910. The van der Waals surface area contributed by atoms with E-state index in [4.69, 9.17) is 5.84 Å². The van der Waals surface area contributed by atoms with Crippen LogP contribution in [0.3, 0.4) is 0 Å². The summed E-state index contributed by atoms with van der Waals surface area (Å²) in [6.45, 7) is 3.65. The molecule has 0 bridgehead atoms. The molecular weight excluding hydrogens is 212 g/mol. The molecule has 0 saturated heterocycles. The van der Waals surface area contributed by atoms with Crippen LogP contribution in [-0.2, 0) is 9.84 Å². The molecule has 3 N–H and O–H groups in total. The Labute approximate surface area is 90.4 Å². The normalized spacial score (nSPS) is 13.8. The molecule has 0 amide bonds. The van der Waals surface area contributed by atoms with Gasteiger partial charge in [0, 0.05) is 6.04 Å². The van der Waals surface area contributed by atoms with Gasteiger partial charge in [0.1, 0.15) is 0 Å². The minimum absolute atomic E-state index is 0.00651. The summed E-state index contributed by atoms with van der Waals surface area (Å²) in [6.07, 6.45) is 0. The van der Waals surface area contributed by atoms with Gasteiger partial charge in [0.15, 0.2) is 9.84 Å². The van der Waals surface area contributed by atoms with Crippen molar-refractivity contribution in [2.75, 3.05) is 5.75 Å². The zero-order chi connectivity index (χ0) is 11.5. The molecular formula is C10H16N2O2S. The Kier molecular flexibility index (Phi) is 3.84. The molecule has 15 heavy (non-hydrogen) atoms. The molecule has 0 fully saturated rings. The molecule has 0 saturated carbocycles. The summed E-state index contributed by atoms with van der Waals surface area (Å²) in [6, 6.07) is 6.55. The lowest BCUT2D eigenvalue weighted by Gasteiger charge is -2.10. The van der Waals surface area contributed by atoms with Crippen LogP contribution in [0.15, 0.2) is 29.2 Å². The van der Waals surface area contributed by atoms with Crippen LogP contribution in [0.5, 0.6) is 0 Å². The molecule has 84 valence electrons. The highest BCUT2D eigenvalue weighted by molar-refractivity contribution is 7.91. The van der Waals surface area contributed by atoms with Crippen LogP contribution in [0.1, 0.15) is 12.5 Å². The van der Waals surface area contributed by atoms with Crippen molar-refractivity contribution in [2.45, 2.75) is 24.8 Å². The molecule has 0 aliphatic rings. The van der Waals surface area contributed by atoms with Gasteiger partial charge < -0.3 is 0 Å². The smallest absolute Gasteiger partial charge is 0.179 e. The monoisotopic (exact) mass is 228 g/mol. The van der Waals surface area contributed by atoms with Gasteiger partial charge >= 0.3 is 0 Å². The highest BCUT2D eigenvalue weighted by atomic mass is 32.2. The van der Waals surface area contributed by atoms with E-state index in [0.29, 0.717) is 4.90 Å². The summed E-state index contributed by atoms with van der Waals surface area (Å²) >= 11 is 0. The van der Waals surface area contributed by atoms with E-state index in [9.17, 15) is 8.42 Å². The van der Waals surface area contributed by atoms with Crippen molar-refractivity contribution < 1.29 is 8.42 Å². The number of hydrazine groups is 1. The fraction of sp³-hybridized carbons (Fsp3) is 0.400. The Morgan fingerprint density at radius 1 is 1.33 bits per heavy atom. The second-order valence-electron chi connectivity index (χ2n) is 3.66. The highest BCUT2D eigenvalue weighted by Crippen LogP contribution is 2.12. The molecule has 4 nitrogen and oxygen atoms in total. The predicted molar refractivity (Wildman–Crippen MR) is 60.0 cm³/mol. The lowest BCUT2D eigenvalue weighted by atomic mass is 10.2. The Bertz CT molecular complexity index is 412. The lowest BCUT2D eigenvalue weighted by Crippen LogP contribution is -2.37. The van der Waals surface area contributed by atoms with E-state index >= 15 is 0 Å². The van der Waals surface area contributed by atoms with Crippen molar-refractivity contribution >= 4 is 9.84 Å². The predicted octanol–water partition coefficient (Wildman–Crippen LogP) is 0.621. The molecule has 0 aliphatic heterocycles. The maximum Gasteiger partial charge on any atom is 0.179 e. The van der Waals surface area contributed by atoms with E-state index < -0.39 is 9.84 Å². The summed E-state index contributed by atoms with van der Waals surface area (Å²) in [5.41, 5.74) is 3.46. The summed E-state index contributed by atoms with van der Waals surface area (Å²) in [7, 11) is -3.23. The van der Waals surface area contributed by atoms with E-state index in [0.717, 1.165) is 5.56 Å². The van der Waals surface area contributed by atoms with Crippen LogP contribution in [0.25, 0.3) is 0 Å². The van der Waals surface area contributed by atoms with E-state index in [1.807, 2.05) is 6.92 Å². The first-order valence-corrected chi connectivity index (χ1v) is 6.36. The lowest BCUT2D eigenvalue weighted by molar-refractivity contribution is 0.567. The van der Waals surface area contributed by atoms with Crippen LogP contribution >= 0.6 is 0 Å². The second-order valence-corrected chi connectivity index (χ2v) is 5.70. The number of hydrogen-bond donors (Lipinski definition) is 2. The SMILES string of the molecule is Cc1ccc(S(=O)(=O)C[C@H](C)NN)cc1. The third-order valence-electron chi connectivity index (χ3n) is 2.13. The number of nitrogens with one attached hydrogen (secondary N) is 1. The fourth-order valence-corrected chi connectivity index (χ4v) is 2.72. The van der Waals surface area contributed by atoms with Gasteiger partial charge in [-0.2, -0.15) is 0 Å².